The van der Waals surface area contributed by atoms with Crippen molar-refractivity contribution in [1.29, 1.82) is 0 Å². The van der Waals surface area contributed by atoms with E-state index in [1.54, 1.807) is 19.4 Å². The fourth-order valence-corrected chi connectivity index (χ4v) is 3.16. The number of hydrogen-bond donors (Lipinski definition) is 2. The van der Waals surface area contributed by atoms with Gasteiger partial charge in [-0.2, -0.15) is 5.10 Å². The van der Waals surface area contributed by atoms with Gasteiger partial charge in [0.1, 0.15) is 0 Å². The zero-order valence-corrected chi connectivity index (χ0v) is 13.7. The van der Waals surface area contributed by atoms with Gasteiger partial charge < -0.3 is 15.8 Å². The lowest BCUT2D eigenvalue weighted by Crippen LogP contribution is -2.55. The molecule has 0 saturated heterocycles. The Balaban J connectivity index is 1.55. The predicted molar refractivity (Wildman–Crippen MR) is 90.5 cm³/mol. The molecule has 24 heavy (non-hydrogen) atoms. The fourth-order valence-electron chi connectivity index (χ4n) is 3.16. The molecule has 1 aromatic carbocycles. The van der Waals surface area contributed by atoms with Crippen LogP contribution in [0.2, 0.25) is 0 Å². The molecule has 7 heteroatoms. The first-order valence-electron chi connectivity index (χ1n) is 8.06. The number of fused-ring (bicyclic) bond motifs is 1. The van der Waals surface area contributed by atoms with E-state index in [4.69, 9.17) is 10.5 Å². The van der Waals surface area contributed by atoms with Crippen molar-refractivity contribution in [3.05, 3.63) is 40.8 Å². The number of hydrogen-bond acceptors (Lipinski definition) is 5. The van der Waals surface area contributed by atoms with Gasteiger partial charge in [0, 0.05) is 31.5 Å². The van der Waals surface area contributed by atoms with E-state index in [2.05, 4.69) is 10.4 Å². The minimum Gasteiger partial charge on any atom is -0.377 e. The number of carbonyl (C=O) groups is 1. The third-order valence-corrected chi connectivity index (χ3v) is 4.80. The van der Waals surface area contributed by atoms with Crippen molar-refractivity contribution in [2.24, 2.45) is 11.7 Å². The van der Waals surface area contributed by atoms with Gasteiger partial charge in [-0.1, -0.05) is 18.2 Å². The van der Waals surface area contributed by atoms with Crippen LogP contribution in [0.4, 0.5) is 0 Å². The molecule has 3 rings (SSSR count). The maximum Gasteiger partial charge on any atom is 0.274 e. The summed E-state index contributed by atoms with van der Waals surface area (Å²) in [6.45, 7) is 1.13. The van der Waals surface area contributed by atoms with E-state index in [1.165, 1.54) is 4.68 Å². The third kappa shape index (κ3) is 3.05. The van der Waals surface area contributed by atoms with Crippen LogP contribution < -0.4 is 16.6 Å². The highest BCUT2D eigenvalue weighted by molar-refractivity contribution is 5.80. The second-order valence-electron chi connectivity index (χ2n) is 6.25. The van der Waals surface area contributed by atoms with E-state index in [9.17, 15) is 9.59 Å². The van der Waals surface area contributed by atoms with Crippen LogP contribution in [0.25, 0.3) is 10.8 Å². The number of rotatable bonds is 6. The second kappa shape index (κ2) is 6.70. The van der Waals surface area contributed by atoms with Crippen molar-refractivity contribution in [3.63, 3.8) is 0 Å². The van der Waals surface area contributed by atoms with Crippen LogP contribution in [0, 0.1) is 5.92 Å². The molecule has 1 aliphatic carbocycles. The third-order valence-electron chi connectivity index (χ3n) is 4.80. The van der Waals surface area contributed by atoms with Gasteiger partial charge in [0.25, 0.3) is 5.56 Å². The van der Waals surface area contributed by atoms with Crippen molar-refractivity contribution < 1.29 is 9.53 Å². The molecule has 7 nitrogen and oxygen atoms in total. The van der Waals surface area contributed by atoms with Crippen molar-refractivity contribution in [2.75, 3.05) is 20.2 Å². The lowest BCUT2D eigenvalue weighted by Gasteiger charge is -2.44. The number of nitrogens with two attached hydrogens (primary N) is 1. The Morgan fingerprint density at radius 2 is 2.21 bits per heavy atom. The predicted octanol–water partition coefficient (Wildman–Crippen LogP) is 0.267. The maximum absolute atomic E-state index is 12.3. The van der Waals surface area contributed by atoms with Crippen molar-refractivity contribution >= 4 is 16.7 Å². The molecular weight excluding hydrogens is 308 g/mol. The van der Waals surface area contributed by atoms with E-state index in [0.717, 1.165) is 5.39 Å². The number of methoxy groups -OCH3 is 1. The molecule has 0 aliphatic heterocycles. The van der Waals surface area contributed by atoms with Crippen LogP contribution in [-0.4, -0.2) is 41.5 Å². The van der Waals surface area contributed by atoms with Gasteiger partial charge in [-0.15, -0.1) is 0 Å². The quantitative estimate of drug-likeness (QED) is 0.792. The summed E-state index contributed by atoms with van der Waals surface area (Å²) in [5.74, 6) is -0.0975. The average molecular weight is 330 g/mol. The minimum atomic E-state index is -0.348. The highest BCUT2D eigenvalue weighted by Gasteiger charge is 2.46. The van der Waals surface area contributed by atoms with Crippen LogP contribution in [-0.2, 0) is 16.1 Å². The van der Waals surface area contributed by atoms with Crippen LogP contribution in [0.5, 0.6) is 0 Å². The molecule has 0 spiro atoms. The van der Waals surface area contributed by atoms with E-state index in [0.29, 0.717) is 37.9 Å². The Hall–Kier alpha value is -2.25. The zero-order chi connectivity index (χ0) is 17.2. The number of carbonyl (C=O) groups excluding carboxylic acids is 1. The first-order valence-corrected chi connectivity index (χ1v) is 8.06. The number of benzene rings is 1. The lowest BCUT2D eigenvalue weighted by molar-refractivity contribution is -0.145. The smallest absolute Gasteiger partial charge is 0.274 e. The fraction of sp³-hybridized carbons (Fsp3) is 0.471. The molecule has 0 atom stereocenters. The molecule has 0 bridgehead atoms. The van der Waals surface area contributed by atoms with Gasteiger partial charge in [-0.25, -0.2) is 4.68 Å². The molecule has 1 amide bonds. The second-order valence-corrected chi connectivity index (χ2v) is 6.25. The Morgan fingerprint density at radius 1 is 1.46 bits per heavy atom. The van der Waals surface area contributed by atoms with Crippen molar-refractivity contribution in [2.45, 2.75) is 25.0 Å². The van der Waals surface area contributed by atoms with E-state index in [1.807, 2.05) is 18.2 Å². The summed E-state index contributed by atoms with van der Waals surface area (Å²) < 4.78 is 6.75. The molecule has 128 valence electrons. The first kappa shape index (κ1) is 16.6. The Kier molecular flexibility index (Phi) is 4.64. The largest absolute Gasteiger partial charge is 0.377 e. The maximum atomic E-state index is 12.3. The first-order chi connectivity index (χ1) is 11.6. The molecule has 1 fully saturated rings. The number of aromatic nitrogens is 2. The average Bonchev–Trinajstić information content (AvgIpc) is 2.57. The molecule has 1 aromatic heterocycles. The van der Waals surface area contributed by atoms with Gasteiger partial charge in [0.2, 0.25) is 5.91 Å². The number of ether oxygens (including phenoxy) is 1. The highest BCUT2D eigenvalue weighted by atomic mass is 16.5. The Labute approximate surface area is 139 Å². The molecule has 3 N–H and O–H groups in total. The summed E-state index contributed by atoms with van der Waals surface area (Å²) in [5.41, 5.74) is 5.18. The molecule has 0 unspecified atom stereocenters. The topological polar surface area (TPSA) is 99.2 Å². The Morgan fingerprint density at radius 3 is 2.92 bits per heavy atom. The molecular formula is C17H22N4O3. The van der Waals surface area contributed by atoms with Crippen LogP contribution >= 0.6 is 0 Å². The van der Waals surface area contributed by atoms with Gasteiger partial charge in [0.15, 0.2) is 0 Å². The summed E-state index contributed by atoms with van der Waals surface area (Å²) in [6.07, 6.45) is 2.94. The summed E-state index contributed by atoms with van der Waals surface area (Å²) in [6, 6.07) is 7.33. The van der Waals surface area contributed by atoms with Crippen LogP contribution in [0.1, 0.15) is 12.8 Å². The monoisotopic (exact) mass is 330 g/mol. The van der Waals surface area contributed by atoms with Crippen molar-refractivity contribution in [3.8, 4) is 0 Å². The SMILES string of the molecule is COC1(CN)CC(C(=O)NCCn2ncc3ccccc3c2=O)C1. The van der Waals surface area contributed by atoms with E-state index in [-0.39, 0.29) is 23.0 Å². The van der Waals surface area contributed by atoms with Crippen molar-refractivity contribution in [1.82, 2.24) is 15.1 Å². The number of nitrogens with one attached hydrogen (secondary N) is 1. The van der Waals surface area contributed by atoms with E-state index < -0.39 is 0 Å². The molecule has 1 aliphatic rings. The molecule has 1 heterocycles. The normalized spacial score (nSPS) is 23.0. The Bertz CT molecular complexity index is 790. The number of amides is 1. The zero-order valence-electron chi connectivity index (χ0n) is 13.7. The summed E-state index contributed by atoms with van der Waals surface area (Å²) >= 11 is 0. The van der Waals surface area contributed by atoms with Gasteiger partial charge in [-0.3, -0.25) is 9.59 Å². The van der Waals surface area contributed by atoms with Gasteiger partial charge in [0.05, 0.1) is 23.7 Å². The highest BCUT2D eigenvalue weighted by Crippen LogP contribution is 2.39. The standard InChI is InChI=1S/C17H22N4O3/c1-24-17(11-18)8-13(9-17)15(22)19-6-7-21-16(23)14-5-3-2-4-12(14)10-20-21/h2-5,10,13H,6-9,11,18H2,1H3,(H,19,22). The van der Waals surface area contributed by atoms with Crippen LogP contribution in [0.3, 0.4) is 0 Å². The summed E-state index contributed by atoms with van der Waals surface area (Å²) in [7, 11) is 1.62. The lowest BCUT2D eigenvalue weighted by atomic mass is 9.70. The minimum absolute atomic E-state index is 0.0232. The van der Waals surface area contributed by atoms with Crippen LogP contribution in [0.15, 0.2) is 35.3 Å². The summed E-state index contributed by atoms with van der Waals surface area (Å²) in [5, 5.41) is 8.45. The molecule has 2 aromatic rings. The summed E-state index contributed by atoms with van der Waals surface area (Å²) in [4.78, 5) is 24.4. The van der Waals surface area contributed by atoms with Gasteiger partial charge in [-0.05, 0) is 18.9 Å². The molecule has 1 saturated carbocycles. The van der Waals surface area contributed by atoms with E-state index >= 15 is 0 Å². The molecule has 0 radical (unpaired) electrons. The number of nitrogens with zero attached hydrogens (tertiary/aromatic N) is 2. The van der Waals surface area contributed by atoms with Gasteiger partial charge >= 0.3 is 0 Å².